The molecule has 1 amide bonds. The van der Waals surface area contributed by atoms with Crippen LogP contribution in [0.4, 0.5) is 11.5 Å². The quantitative estimate of drug-likeness (QED) is 0.613. The molecule has 1 atom stereocenters. The van der Waals surface area contributed by atoms with E-state index in [-0.39, 0.29) is 11.6 Å². The topological polar surface area (TPSA) is 60.9 Å². The van der Waals surface area contributed by atoms with Gasteiger partial charge in [-0.05, 0) is 26.0 Å². The lowest BCUT2D eigenvalue weighted by molar-refractivity contribution is -0.123. The Hall–Kier alpha value is -1.90. The Morgan fingerprint density at radius 3 is 2.82 bits per heavy atom. The number of halogens is 1. The number of nitrogens with one attached hydrogen (secondary N) is 1. The Bertz CT molecular complexity index is 703. The smallest absolute Gasteiger partial charge is 0.273 e. The molecule has 0 spiro atoms. The second-order valence-corrected chi connectivity index (χ2v) is 8.22. The zero-order chi connectivity index (χ0) is 20.7. The number of allylic oxidation sites excluding steroid dienone is 1. The number of piperazine rings is 1. The molecule has 0 radical (unpaired) electrons. The summed E-state index contributed by atoms with van der Waals surface area (Å²) in [5.41, 5.74) is 1.35. The summed E-state index contributed by atoms with van der Waals surface area (Å²) in [5, 5.41) is 2.99. The van der Waals surface area contributed by atoms with E-state index in [9.17, 15) is 4.79 Å². The average Bonchev–Trinajstić information content (AvgIpc) is 2.66. The number of aromatic nitrogens is 1. The lowest BCUT2D eigenvalue weighted by Crippen LogP contribution is -2.52. The van der Waals surface area contributed by atoms with Crippen molar-refractivity contribution in [2.75, 3.05) is 57.2 Å². The van der Waals surface area contributed by atoms with Gasteiger partial charge in [-0.3, -0.25) is 9.69 Å². The average molecular weight is 452 g/mol. The summed E-state index contributed by atoms with van der Waals surface area (Å²) in [6.07, 6.45) is 3.53. The number of rotatable bonds is 8. The van der Waals surface area contributed by atoms with Crippen molar-refractivity contribution in [1.29, 1.82) is 0 Å². The van der Waals surface area contributed by atoms with E-state index < -0.39 is 0 Å². The van der Waals surface area contributed by atoms with Crippen LogP contribution in [0.15, 0.2) is 41.3 Å². The number of carbonyl (C=O) groups is 1. The van der Waals surface area contributed by atoms with E-state index in [2.05, 4.69) is 49.5 Å². The Morgan fingerprint density at radius 2 is 2.25 bits per heavy atom. The van der Waals surface area contributed by atoms with E-state index in [1.165, 1.54) is 4.90 Å². The molecule has 1 fully saturated rings. The van der Waals surface area contributed by atoms with Crippen molar-refractivity contribution >= 4 is 33.3 Å². The number of hydrogen-bond acceptors (Lipinski definition) is 6. The lowest BCUT2D eigenvalue weighted by Gasteiger charge is -2.41. The molecule has 0 saturated carbocycles. The summed E-state index contributed by atoms with van der Waals surface area (Å²) >= 11 is 3.32. The second kappa shape index (κ2) is 10.6. The van der Waals surface area contributed by atoms with E-state index in [0.717, 1.165) is 43.0 Å². The number of amides is 1. The summed E-state index contributed by atoms with van der Waals surface area (Å²) in [5.74, 6) is 0.381. The summed E-state index contributed by atoms with van der Waals surface area (Å²) in [4.78, 5) is 23.0. The number of carbonyl (C=O) groups excluding carboxylic acids is 1. The molecule has 154 valence electrons. The molecule has 1 saturated heterocycles. The van der Waals surface area contributed by atoms with Gasteiger partial charge in [0, 0.05) is 57.1 Å². The molecule has 1 aliphatic rings. The Labute approximate surface area is 176 Å². The van der Waals surface area contributed by atoms with Crippen LogP contribution < -0.4 is 10.2 Å². The highest BCUT2D eigenvalue weighted by Gasteiger charge is 2.23. The number of nitrogens with zero attached hydrogens (tertiary/aromatic N) is 4. The number of likely N-dealkylation sites (N-methyl/N-ethyl adjacent to an activating group) is 1. The third-order valence-corrected chi connectivity index (χ3v) is 4.84. The van der Waals surface area contributed by atoms with Crippen LogP contribution in [0.5, 0.6) is 0 Å². The molecule has 8 heteroatoms. The molecule has 28 heavy (non-hydrogen) atoms. The normalized spacial score (nSPS) is 18.1. The maximum Gasteiger partial charge on any atom is 0.273 e. The van der Waals surface area contributed by atoms with Gasteiger partial charge in [-0.15, -0.1) is 0 Å². The highest BCUT2D eigenvalue weighted by molar-refractivity contribution is 9.11. The third kappa shape index (κ3) is 6.32. The molecule has 0 bridgehead atoms. The number of methoxy groups -OCH3 is 1. The molecule has 1 N–H and O–H groups in total. The third-order valence-electron chi connectivity index (χ3n) is 4.63. The van der Waals surface area contributed by atoms with E-state index in [0.29, 0.717) is 11.9 Å². The summed E-state index contributed by atoms with van der Waals surface area (Å²) in [6.45, 7) is 12.6. The monoisotopic (exact) mass is 451 g/mol. The fraction of sp³-hybridized carbons (Fsp3) is 0.500. The Morgan fingerprint density at radius 1 is 1.50 bits per heavy atom. The molecule has 0 unspecified atom stereocenters. The van der Waals surface area contributed by atoms with Crippen LogP contribution >= 0.6 is 15.9 Å². The highest BCUT2D eigenvalue weighted by atomic mass is 79.9. The predicted octanol–water partition coefficient (Wildman–Crippen LogP) is 2.88. The van der Waals surface area contributed by atoms with Gasteiger partial charge in [0.2, 0.25) is 0 Å². The fourth-order valence-electron chi connectivity index (χ4n) is 3.22. The van der Waals surface area contributed by atoms with Gasteiger partial charge in [0.05, 0.1) is 24.2 Å². The summed E-state index contributed by atoms with van der Waals surface area (Å²) < 4.78 is 6.03. The SMILES string of the molecule is C=C(Nc1ccc(N2CCN(CCOC)C[C@@H]2C)cn1)C(=O)N(C)/C=C(\C)Br. The van der Waals surface area contributed by atoms with Crippen molar-refractivity contribution in [2.45, 2.75) is 19.9 Å². The largest absolute Gasteiger partial charge is 0.383 e. The molecule has 2 rings (SSSR count). The van der Waals surface area contributed by atoms with Crippen molar-refractivity contribution in [2.24, 2.45) is 0 Å². The van der Waals surface area contributed by atoms with Crippen LogP contribution in [0.3, 0.4) is 0 Å². The molecule has 1 aromatic rings. The first kappa shape index (κ1) is 22.4. The Kier molecular flexibility index (Phi) is 8.47. The van der Waals surface area contributed by atoms with Crippen molar-refractivity contribution in [3.05, 3.63) is 41.3 Å². The van der Waals surface area contributed by atoms with Crippen LogP contribution in [0.25, 0.3) is 0 Å². The number of hydrogen-bond donors (Lipinski definition) is 1. The van der Waals surface area contributed by atoms with Crippen LogP contribution in [-0.2, 0) is 9.53 Å². The first-order valence-corrected chi connectivity index (χ1v) is 10.1. The van der Waals surface area contributed by atoms with Crippen molar-refractivity contribution in [1.82, 2.24) is 14.8 Å². The predicted molar refractivity (Wildman–Crippen MR) is 118 cm³/mol. The lowest BCUT2D eigenvalue weighted by atomic mass is 10.1. The van der Waals surface area contributed by atoms with Crippen molar-refractivity contribution in [3.63, 3.8) is 0 Å². The van der Waals surface area contributed by atoms with Crippen molar-refractivity contribution < 1.29 is 9.53 Å². The minimum atomic E-state index is -0.217. The second-order valence-electron chi connectivity index (χ2n) is 6.97. The number of anilines is 2. The van der Waals surface area contributed by atoms with Gasteiger partial charge in [0.1, 0.15) is 5.82 Å². The van der Waals surface area contributed by atoms with Gasteiger partial charge in [-0.2, -0.15) is 0 Å². The minimum absolute atomic E-state index is 0.217. The molecule has 7 nitrogen and oxygen atoms in total. The van der Waals surface area contributed by atoms with Crippen LogP contribution in [-0.4, -0.2) is 73.7 Å². The Balaban J connectivity index is 1.94. The number of ether oxygens (including phenoxy) is 1. The van der Waals surface area contributed by atoms with Crippen LogP contribution in [0, 0.1) is 0 Å². The fourth-order valence-corrected chi connectivity index (χ4v) is 3.52. The molecule has 1 aliphatic heterocycles. The van der Waals surface area contributed by atoms with E-state index in [1.807, 2.05) is 25.3 Å². The van der Waals surface area contributed by atoms with E-state index in [4.69, 9.17) is 4.74 Å². The van der Waals surface area contributed by atoms with Crippen LogP contribution in [0.1, 0.15) is 13.8 Å². The molecule has 0 aliphatic carbocycles. The van der Waals surface area contributed by atoms with Crippen LogP contribution in [0.2, 0.25) is 0 Å². The molecular formula is C20H30BrN5O2. The van der Waals surface area contributed by atoms with Gasteiger partial charge in [-0.25, -0.2) is 4.98 Å². The summed E-state index contributed by atoms with van der Waals surface area (Å²) in [6, 6.07) is 4.31. The summed E-state index contributed by atoms with van der Waals surface area (Å²) in [7, 11) is 3.42. The number of pyridine rings is 1. The maximum atomic E-state index is 12.3. The molecular weight excluding hydrogens is 422 g/mol. The first-order chi connectivity index (χ1) is 13.3. The van der Waals surface area contributed by atoms with Gasteiger partial charge >= 0.3 is 0 Å². The molecule has 2 heterocycles. The molecule has 0 aromatic carbocycles. The van der Waals surface area contributed by atoms with Gasteiger partial charge in [0.15, 0.2) is 0 Å². The van der Waals surface area contributed by atoms with Gasteiger partial charge in [0.25, 0.3) is 5.91 Å². The van der Waals surface area contributed by atoms with Gasteiger partial charge < -0.3 is 19.9 Å². The van der Waals surface area contributed by atoms with E-state index in [1.54, 1.807) is 20.4 Å². The molecule has 1 aromatic heterocycles. The van der Waals surface area contributed by atoms with Gasteiger partial charge in [-0.1, -0.05) is 22.5 Å². The minimum Gasteiger partial charge on any atom is -0.383 e. The highest BCUT2D eigenvalue weighted by Crippen LogP contribution is 2.21. The zero-order valence-electron chi connectivity index (χ0n) is 17.1. The zero-order valence-corrected chi connectivity index (χ0v) is 18.7. The standard InChI is InChI=1S/C20H30BrN5O2/c1-15(21)13-24(4)20(27)17(3)23-19-7-6-18(12-22-19)26-9-8-25(10-11-28-5)14-16(26)2/h6-7,12-13,16H,3,8-11,14H2,1-2,4-5H3,(H,22,23)/b15-13+/t16-/m0/s1. The maximum absolute atomic E-state index is 12.3. The van der Waals surface area contributed by atoms with E-state index >= 15 is 0 Å². The first-order valence-electron chi connectivity index (χ1n) is 9.32. The van der Waals surface area contributed by atoms with Crippen molar-refractivity contribution in [3.8, 4) is 0 Å².